The Balaban J connectivity index is 1.52. The molecular formula is C15H17N3O3. The molecule has 3 rings (SSSR count). The van der Waals surface area contributed by atoms with Crippen molar-refractivity contribution in [1.29, 1.82) is 0 Å². The summed E-state index contributed by atoms with van der Waals surface area (Å²) in [4.78, 5) is 11.9. The summed E-state index contributed by atoms with van der Waals surface area (Å²) in [5.74, 6) is 1.10. The molecule has 21 heavy (non-hydrogen) atoms. The molecule has 1 aliphatic rings. The van der Waals surface area contributed by atoms with Crippen LogP contribution < -0.4 is 10.1 Å². The van der Waals surface area contributed by atoms with Crippen LogP contribution in [0.5, 0.6) is 5.75 Å². The Hall–Kier alpha value is -2.37. The first-order valence-corrected chi connectivity index (χ1v) is 7.12. The number of carbonyl (C=O) groups is 1. The second-order valence-electron chi connectivity index (χ2n) is 5.07. The van der Waals surface area contributed by atoms with Gasteiger partial charge in [-0.2, -0.15) is 0 Å². The van der Waals surface area contributed by atoms with Crippen molar-refractivity contribution in [2.45, 2.75) is 32.3 Å². The van der Waals surface area contributed by atoms with Crippen LogP contribution in [0.15, 0.2) is 34.7 Å². The van der Waals surface area contributed by atoms with E-state index in [2.05, 4.69) is 15.5 Å². The van der Waals surface area contributed by atoms with E-state index >= 15 is 0 Å². The Morgan fingerprint density at radius 1 is 1.24 bits per heavy atom. The zero-order chi connectivity index (χ0) is 14.5. The Morgan fingerprint density at radius 2 is 2.00 bits per heavy atom. The molecule has 0 saturated heterocycles. The molecule has 0 bridgehead atoms. The van der Waals surface area contributed by atoms with Gasteiger partial charge >= 0.3 is 6.01 Å². The molecule has 0 radical (unpaired) electrons. The molecule has 6 heteroatoms. The van der Waals surface area contributed by atoms with Gasteiger partial charge in [-0.05, 0) is 25.0 Å². The summed E-state index contributed by atoms with van der Waals surface area (Å²) in [5, 5.41) is 10.3. The first-order chi connectivity index (χ1) is 10.3. The lowest BCUT2D eigenvalue weighted by atomic mass is 10.1. The molecule has 0 spiro atoms. The van der Waals surface area contributed by atoms with Crippen molar-refractivity contribution in [3.8, 4) is 5.75 Å². The quantitative estimate of drug-likeness (QED) is 0.915. The number of aromatic nitrogens is 2. The molecule has 1 saturated carbocycles. The number of ether oxygens (including phenoxy) is 1. The molecule has 6 nitrogen and oxygen atoms in total. The van der Waals surface area contributed by atoms with Crippen molar-refractivity contribution in [1.82, 2.24) is 10.2 Å². The maximum atomic E-state index is 11.9. The fourth-order valence-electron chi connectivity index (χ4n) is 2.42. The van der Waals surface area contributed by atoms with Gasteiger partial charge in [0.05, 0.1) is 0 Å². The number of hydrogen-bond donors (Lipinski definition) is 1. The van der Waals surface area contributed by atoms with E-state index in [-0.39, 0.29) is 24.4 Å². The van der Waals surface area contributed by atoms with Gasteiger partial charge in [0.1, 0.15) is 5.75 Å². The molecule has 110 valence electrons. The van der Waals surface area contributed by atoms with Crippen LogP contribution in [-0.2, 0) is 11.4 Å². The molecule has 1 N–H and O–H groups in total. The van der Waals surface area contributed by atoms with Gasteiger partial charge in [0.15, 0.2) is 6.61 Å². The lowest BCUT2D eigenvalue weighted by molar-refractivity contribution is -0.119. The van der Waals surface area contributed by atoms with Crippen LogP contribution in [0.2, 0.25) is 0 Å². The van der Waals surface area contributed by atoms with Crippen LogP contribution in [0.1, 0.15) is 31.6 Å². The average Bonchev–Trinajstić information content (AvgIpc) is 3.18. The smallest absolute Gasteiger partial charge is 0.322 e. The molecule has 1 heterocycles. The molecule has 1 amide bonds. The number of amides is 1. The highest BCUT2D eigenvalue weighted by Crippen LogP contribution is 2.25. The number of benzene rings is 1. The number of nitrogens with zero attached hydrogens (tertiary/aromatic N) is 2. The van der Waals surface area contributed by atoms with Crippen molar-refractivity contribution >= 4 is 11.9 Å². The van der Waals surface area contributed by atoms with Crippen LogP contribution in [0.4, 0.5) is 6.01 Å². The van der Waals surface area contributed by atoms with Gasteiger partial charge in [-0.3, -0.25) is 10.1 Å². The summed E-state index contributed by atoms with van der Waals surface area (Å²) in [6, 6.07) is 9.51. The molecule has 1 aromatic heterocycles. The van der Waals surface area contributed by atoms with Crippen molar-refractivity contribution in [3.63, 3.8) is 0 Å². The summed E-state index contributed by atoms with van der Waals surface area (Å²) in [7, 11) is 0. The molecule has 1 aromatic carbocycles. The normalized spacial score (nSPS) is 15.0. The van der Waals surface area contributed by atoms with E-state index < -0.39 is 0 Å². The van der Waals surface area contributed by atoms with E-state index in [0.29, 0.717) is 5.89 Å². The predicted octanol–water partition coefficient (Wildman–Crippen LogP) is 2.78. The van der Waals surface area contributed by atoms with Gasteiger partial charge in [0.2, 0.25) is 5.91 Å². The highest BCUT2D eigenvalue weighted by Gasteiger charge is 2.24. The second kappa shape index (κ2) is 6.39. The number of rotatable bonds is 5. The fourth-order valence-corrected chi connectivity index (χ4v) is 2.42. The largest absolute Gasteiger partial charge is 0.484 e. The maximum absolute atomic E-state index is 11.9. The van der Waals surface area contributed by atoms with Crippen molar-refractivity contribution in [3.05, 3.63) is 36.2 Å². The van der Waals surface area contributed by atoms with Crippen molar-refractivity contribution in [2.75, 3.05) is 5.32 Å². The van der Waals surface area contributed by atoms with Crippen LogP contribution in [-0.4, -0.2) is 16.1 Å². The zero-order valence-electron chi connectivity index (χ0n) is 11.6. The fraction of sp³-hybridized carbons (Fsp3) is 0.400. The number of hydrogen-bond acceptors (Lipinski definition) is 5. The van der Waals surface area contributed by atoms with Crippen LogP contribution in [0, 0.1) is 5.92 Å². The Morgan fingerprint density at radius 3 is 2.76 bits per heavy atom. The van der Waals surface area contributed by atoms with Gasteiger partial charge in [0, 0.05) is 5.92 Å². The van der Waals surface area contributed by atoms with Gasteiger partial charge in [-0.15, -0.1) is 5.10 Å². The van der Waals surface area contributed by atoms with E-state index in [0.717, 1.165) is 31.4 Å². The molecular weight excluding hydrogens is 270 g/mol. The number of para-hydroxylation sites is 1. The molecule has 1 fully saturated rings. The van der Waals surface area contributed by atoms with E-state index in [1.807, 2.05) is 30.3 Å². The van der Waals surface area contributed by atoms with Gasteiger partial charge in [-0.1, -0.05) is 36.1 Å². The minimum absolute atomic E-state index is 0.0355. The summed E-state index contributed by atoms with van der Waals surface area (Å²) in [6.45, 7) is 0.177. The maximum Gasteiger partial charge on any atom is 0.322 e. The van der Waals surface area contributed by atoms with Gasteiger partial charge in [0.25, 0.3) is 5.89 Å². The third kappa shape index (κ3) is 3.59. The summed E-state index contributed by atoms with van der Waals surface area (Å²) < 4.78 is 10.9. The highest BCUT2D eigenvalue weighted by molar-refractivity contribution is 5.90. The summed E-state index contributed by atoms with van der Waals surface area (Å²) in [6.07, 6.45) is 4.09. The standard InChI is InChI=1S/C15H17N3O3/c19-14(11-6-4-5-7-11)16-15-18-17-13(21-15)10-20-12-8-2-1-3-9-12/h1-3,8-9,11H,4-7,10H2,(H,16,18,19). The first-order valence-electron chi connectivity index (χ1n) is 7.12. The van der Waals surface area contributed by atoms with E-state index in [1.54, 1.807) is 0 Å². The minimum atomic E-state index is -0.0355. The third-order valence-corrected chi connectivity index (χ3v) is 3.53. The SMILES string of the molecule is O=C(Nc1nnc(COc2ccccc2)o1)C1CCCC1. The average molecular weight is 287 g/mol. The predicted molar refractivity (Wildman–Crippen MR) is 75.7 cm³/mol. The Bertz CT molecular complexity index is 591. The minimum Gasteiger partial charge on any atom is -0.484 e. The van der Waals surface area contributed by atoms with Gasteiger partial charge < -0.3 is 9.15 Å². The molecule has 0 atom stereocenters. The van der Waals surface area contributed by atoms with Crippen molar-refractivity contribution < 1.29 is 13.9 Å². The number of anilines is 1. The summed E-state index contributed by atoms with van der Waals surface area (Å²) >= 11 is 0. The lowest BCUT2D eigenvalue weighted by Crippen LogP contribution is -2.20. The molecule has 0 aliphatic heterocycles. The second-order valence-corrected chi connectivity index (χ2v) is 5.07. The highest BCUT2D eigenvalue weighted by atomic mass is 16.5. The molecule has 1 aliphatic carbocycles. The van der Waals surface area contributed by atoms with E-state index in [9.17, 15) is 4.79 Å². The van der Waals surface area contributed by atoms with Crippen LogP contribution in [0.3, 0.4) is 0 Å². The third-order valence-electron chi connectivity index (χ3n) is 3.53. The van der Waals surface area contributed by atoms with Crippen molar-refractivity contribution in [2.24, 2.45) is 5.92 Å². The Kier molecular flexibility index (Phi) is 4.14. The molecule has 0 unspecified atom stereocenters. The van der Waals surface area contributed by atoms with Gasteiger partial charge in [-0.25, -0.2) is 0 Å². The summed E-state index contributed by atoms with van der Waals surface area (Å²) in [5.41, 5.74) is 0. The first kappa shape index (κ1) is 13.6. The monoisotopic (exact) mass is 287 g/mol. The lowest BCUT2D eigenvalue weighted by Gasteiger charge is -2.06. The topological polar surface area (TPSA) is 77.2 Å². The Labute approximate surface area is 122 Å². The van der Waals surface area contributed by atoms with Crippen LogP contribution in [0.25, 0.3) is 0 Å². The molecule has 2 aromatic rings. The zero-order valence-corrected chi connectivity index (χ0v) is 11.6. The van der Waals surface area contributed by atoms with Crippen LogP contribution >= 0.6 is 0 Å². The number of carbonyl (C=O) groups excluding carboxylic acids is 1. The number of nitrogens with one attached hydrogen (secondary N) is 1. The van der Waals surface area contributed by atoms with E-state index in [1.165, 1.54) is 0 Å². The van der Waals surface area contributed by atoms with E-state index in [4.69, 9.17) is 9.15 Å².